The minimum absolute atomic E-state index is 0. The van der Waals surface area contributed by atoms with Crippen molar-refractivity contribution in [2.45, 2.75) is 166 Å². The van der Waals surface area contributed by atoms with Crippen LogP contribution in [0.25, 0.3) is 21.5 Å². The van der Waals surface area contributed by atoms with Crippen molar-refractivity contribution in [1.82, 2.24) is 0 Å². The third-order valence-electron chi connectivity index (χ3n) is 10.0. The summed E-state index contributed by atoms with van der Waals surface area (Å²) < 4.78 is 69.8. The topological polar surface area (TPSA) is 114 Å². The SMILES string of the molecule is CCCCCCc1ccc2c(S(=O)(=O)[O-])ccc(CCCCCC)c2c1.CCCCCCc1ccc2c(S(=O)(=O)[O-])ccc(CCCCCC)c2c1.[Ba+2]. The third kappa shape index (κ3) is 16.1. The second-order valence-corrected chi connectivity index (χ2v) is 17.1. The standard InChI is InChI=1S/2C22H32O3S.Ba/c2*1-3-5-7-9-11-18-13-15-20-21(17-18)19(12-10-8-6-4-2)14-16-22(20)26(23,24)25;/h2*13-17H,3-12H2,1-2H3,(H,23,24,25);/q;;+2/p-2. The molecule has 4 aromatic rings. The zero-order valence-corrected chi connectivity index (χ0v) is 39.0. The molecular weight excluding hydrogens is 826 g/mol. The zero-order valence-electron chi connectivity index (χ0n) is 32.9. The largest absolute Gasteiger partial charge is 2.00 e. The van der Waals surface area contributed by atoms with Gasteiger partial charge in [0, 0.05) is 0 Å². The van der Waals surface area contributed by atoms with Crippen molar-refractivity contribution in [3.63, 3.8) is 0 Å². The van der Waals surface area contributed by atoms with Crippen LogP contribution >= 0.6 is 0 Å². The summed E-state index contributed by atoms with van der Waals surface area (Å²) in [6.07, 6.45) is 22.8. The Hall–Kier alpha value is -1.21. The number of fused-ring (bicyclic) bond motifs is 2. The molecule has 288 valence electrons. The second-order valence-electron chi connectivity index (χ2n) is 14.4. The summed E-state index contributed by atoms with van der Waals surface area (Å²) in [7, 11) is -8.92. The summed E-state index contributed by atoms with van der Waals surface area (Å²) in [5.41, 5.74) is 4.76. The van der Waals surface area contributed by atoms with Crippen molar-refractivity contribution in [2.75, 3.05) is 0 Å². The van der Waals surface area contributed by atoms with Gasteiger partial charge in [-0.1, -0.05) is 153 Å². The fourth-order valence-corrected chi connectivity index (χ4v) is 8.40. The van der Waals surface area contributed by atoms with E-state index in [4.69, 9.17) is 0 Å². The van der Waals surface area contributed by atoms with Gasteiger partial charge < -0.3 is 9.11 Å². The first kappa shape index (κ1) is 47.9. The number of aryl methyl sites for hydroxylation is 4. The Balaban J connectivity index is 0.000000360. The van der Waals surface area contributed by atoms with Gasteiger partial charge in [-0.15, -0.1) is 0 Å². The van der Waals surface area contributed by atoms with E-state index in [2.05, 4.69) is 39.8 Å². The van der Waals surface area contributed by atoms with Crippen LogP contribution in [-0.4, -0.2) is 74.8 Å². The Labute approximate surface area is 361 Å². The molecule has 0 heterocycles. The van der Waals surface area contributed by atoms with E-state index >= 15 is 0 Å². The number of hydrogen-bond acceptors (Lipinski definition) is 6. The average Bonchev–Trinajstić information content (AvgIpc) is 3.11. The maximum absolute atomic E-state index is 11.6. The van der Waals surface area contributed by atoms with Gasteiger partial charge in [0.2, 0.25) is 0 Å². The summed E-state index contributed by atoms with van der Waals surface area (Å²) in [5.74, 6) is 0. The van der Waals surface area contributed by atoms with Crippen LogP contribution < -0.4 is 0 Å². The Kier molecular flexibility index (Phi) is 22.7. The minimum atomic E-state index is -4.46. The molecule has 6 nitrogen and oxygen atoms in total. The monoisotopic (exact) mass is 888 g/mol. The van der Waals surface area contributed by atoms with E-state index in [1.807, 2.05) is 36.4 Å². The van der Waals surface area contributed by atoms with E-state index < -0.39 is 20.2 Å². The molecule has 53 heavy (non-hydrogen) atoms. The molecule has 0 fully saturated rings. The number of unbranched alkanes of at least 4 members (excludes halogenated alkanes) is 12. The first-order valence-corrected chi connectivity index (χ1v) is 22.8. The normalized spacial score (nSPS) is 11.7. The first-order chi connectivity index (χ1) is 24.9. The van der Waals surface area contributed by atoms with Crippen LogP contribution in [-0.2, 0) is 45.9 Å². The third-order valence-corrected chi connectivity index (χ3v) is 11.8. The van der Waals surface area contributed by atoms with Gasteiger partial charge in [0.05, 0.1) is 9.79 Å². The quantitative estimate of drug-likeness (QED) is 0.0441. The van der Waals surface area contributed by atoms with Crippen LogP contribution in [0.15, 0.2) is 70.5 Å². The second kappa shape index (κ2) is 25.1. The van der Waals surface area contributed by atoms with Crippen molar-refractivity contribution in [2.24, 2.45) is 0 Å². The van der Waals surface area contributed by atoms with Crippen LogP contribution in [0.5, 0.6) is 0 Å². The average molecular weight is 888 g/mol. The van der Waals surface area contributed by atoms with Crippen molar-refractivity contribution < 1.29 is 25.9 Å². The number of hydrogen-bond donors (Lipinski definition) is 0. The van der Waals surface area contributed by atoms with E-state index in [0.29, 0.717) is 10.8 Å². The molecule has 9 heteroatoms. The Morgan fingerprint density at radius 1 is 0.396 bits per heavy atom. The Bertz CT molecular complexity index is 1770. The van der Waals surface area contributed by atoms with Gasteiger partial charge >= 0.3 is 48.9 Å². The molecule has 0 bridgehead atoms. The molecule has 0 amide bonds. The molecule has 0 saturated heterocycles. The van der Waals surface area contributed by atoms with Gasteiger partial charge in [0.25, 0.3) is 0 Å². The van der Waals surface area contributed by atoms with Crippen LogP contribution in [0, 0.1) is 0 Å². The van der Waals surface area contributed by atoms with Crippen molar-refractivity contribution in [3.05, 3.63) is 82.9 Å². The maximum Gasteiger partial charge on any atom is 2.00 e. The summed E-state index contributed by atoms with van der Waals surface area (Å²) >= 11 is 0. The van der Waals surface area contributed by atoms with Gasteiger partial charge in [-0.2, -0.15) is 0 Å². The van der Waals surface area contributed by atoms with Crippen LogP contribution in [0.1, 0.15) is 153 Å². The van der Waals surface area contributed by atoms with Gasteiger partial charge in [-0.3, -0.25) is 0 Å². The molecule has 0 saturated carbocycles. The fourth-order valence-electron chi connectivity index (χ4n) is 7.03. The molecule has 0 aliphatic carbocycles. The summed E-state index contributed by atoms with van der Waals surface area (Å²) in [6, 6.07) is 18.4. The van der Waals surface area contributed by atoms with Crippen molar-refractivity contribution in [3.8, 4) is 0 Å². The number of rotatable bonds is 22. The van der Waals surface area contributed by atoms with Gasteiger partial charge in [0.15, 0.2) is 0 Å². The van der Waals surface area contributed by atoms with Gasteiger partial charge in [-0.05, 0) is 107 Å². The van der Waals surface area contributed by atoms with Crippen molar-refractivity contribution in [1.29, 1.82) is 0 Å². The van der Waals surface area contributed by atoms with Gasteiger partial charge in [0.1, 0.15) is 20.2 Å². The molecule has 4 rings (SSSR count). The Morgan fingerprint density at radius 2 is 0.717 bits per heavy atom. The zero-order chi connectivity index (χ0) is 38.0. The Morgan fingerprint density at radius 3 is 1.02 bits per heavy atom. The summed E-state index contributed by atoms with van der Waals surface area (Å²) in [4.78, 5) is -0.190. The predicted molar refractivity (Wildman–Crippen MR) is 221 cm³/mol. The van der Waals surface area contributed by atoms with E-state index in [0.717, 1.165) is 73.3 Å². The predicted octanol–water partition coefficient (Wildman–Crippen LogP) is 11.6. The maximum atomic E-state index is 11.6. The van der Waals surface area contributed by atoms with E-state index in [1.165, 1.54) is 100 Å². The molecule has 0 aliphatic rings. The molecule has 0 spiro atoms. The molecule has 0 N–H and O–H groups in total. The van der Waals surface area contributed by atoms with E-state index in [-0.39, 0.29) is 58.7 Å². The molecule has 4 aromatic carbocycles. The molecule has 0 atom stereocenters. The summed E-state index contributed by atoms with van der Waals surface area (Å²) in [6.45, 7) is 8.78. The minimum Gasteiger partial charge on any atom is -0.744 e. The van der Waals surface area contributed by atoms with Crippen LogP contribution in [0.3, 0.4) is 0 Å². The van der Waals surface area contributed by atoms with Gasteiger partial charge in [-0.25, -0.2) is 16.8 Å². The smallest absolute Gasteiger partial charge is 0.744 e. The van der Waals surface area contributed by atoms with E-state index in [1.54, 1.807) is 0 Å². The molecule has 0 aliphatic heterocycles. The molecule has 0 unspecified atom stereocenters. The fraction of sp³-hybridized carbons (Fsp3) is 0.545. The van der Waals surface area contributed by atoms with E-state index in [9.17, 15) is 25.9 Å². The molecule has 0 radical (unpaired) electrons. The molecular formula is C44H62BaO6S2. The van der Waals surface area contributed by atoms with Crippen LogP contribution in [0.2, 0.25) is 0 Å². The van der Waals surface area contributed by atoms with Crippen molar-refractivity contribution >= 4 is 90.7 Å². The number of benzene rings is 4. The molecule has 0 aromatic heterocycles. The summed E-state index contributed by atoms with van der Waals surface area (Å²) in [5, 5.41) is 3.02. The first-order valence-electron chi connectivity index (χ1n) is 19.9. The van der Waals surface area contributed by atoms with Crippen LogP contribution in [0.4, 0.5) is 0 Å².